The molecular formula is C23H35Cl3SiTi. The molecule has 0 N–H and O–H groups in total. The van der Waals surface area contributed by atoms with Crippen LogP contribution in [0, 0.1) is 26.8 Å². The summed E-state index contributed by atoms with van der Waals surface area (Å²) in [6, 6.07) is 6.15. The normalized spacial score (nSPS) is 14.4. The van der Waals surface area contributed by atoms with E-state index in [0.717, 1.165) is 6.42 Å². The van der Waals surface area contributed by atoms with E-state index in [9.17, 15) is 0 Å². The van der Waals surface area contributed by atoms with E-state index in [-0.39, 0.29) is 58.9 Å². The van der Waals surface area contributed by atoms with Gasteiger partial charge in [-0.15, -0.1) is 6.42 Å². The summed E-state index contributed by atoms with van der Waals surface area (Å²) in [6.45, 7) is 14.1. The van der Waals surface area contributed by atoms with Gasteiger partial charge in [0.25, 0.3) is 0 Å². The molecule has 0 amide bonds. The molecule has 0 saturated heterocycles. The van der Waals surface area contributed by atoms with Gasteiger partial charge >= 0.3 is 21.7 Å². The fourth-order valence-corrected chi connectivity index (χ4v) is 9.72. The van der Waals surface area contributed by atoms with Crippen molar-refractivity contribution in [1.82, 2.24) is 0 Å². The van der Waals surface area contributed by atoms with Gasteiger partial charge in [0.1, 0.15) is 0 Å². The van der Waals surface area contributed by atoms with Gasteiger partial charge in [-0.05, 0) is 20.8 Å². The maximum atomic E-state index is 3.82. The maximum absolute atomic E-state index is 3.82. The van der Waals surface area contributed by atoms with Gasteiger partial charge in [-0.2, -0.15) is 6.08 Å². The summed E-state index contributed by atoms with van der Waals surface area (Å²) in [5.41, 5.74) is 6.04. The number of hydrogen-bond donors (Lipinski definition) is 0. The smallest absolute Gasteiger partial charge is 1.00 e. The summed E-state index contributed by atoms with van der Waals surface area (Å²) >= 11 is 0. The van der Waals surface area contributed by atoms with Crippen LogP contribution in [0.2, 0.25) is 12.6 Å². The van der Waals surface area contributed by atoms with Gasteiger partial charge in [0, 0.05) is 0 Å². The third-order valence-electron chi connectivity index (χ3n) is 5.56. The van der Waals surface area contributed by atoms with Crippen molar-refractivity contribution in [3.05, 3.63) is 51.7 Å². The molecule has 1 aliphatic rings. The van der Waals surface area contributed by atoms with Crippen LogP contribution in [0.5, 0.6) is 0 Å². The largest absolute Gasteiger partial charge is 4.00 e. The molecule has 156 valence electrons. The molecule has 0 heterocycles. The molecule has 0 spiro atoms. The van der Waals surface area contributed by atoms with Gasteiger partial charge in [-0.3, -0.25) is 6.08 Å². The molecule has 1 aromatic carbocycles. The number of unbranched alkanes of at least 4 members (excludes halogenated alkanes) is 2. The second-order valence-electron chi connectivity index (χ2n) is 7.80. The second-order valence-corrected chi connectivity index (χ2v) is 12.0. The van der Waals surface area contributed by atoms with Gasteiger partial charge in [0.2, 0.25) is 0 Å². The van der Waals surface area contributed by atoms with E-state index < -0.39 is 8.07 Å². The molecule has 0 radical (unpaired) electrons. The SMILES string of the molecule is CCCCC1=CC[C-]=C1[Si](C)(CCCC)c1c(C)cc(C)cc1C.[Cl-].[Cl-].[Cl-].[Ti+4]. The molecule has 1 atom stereocenters. The molecule has 5 heteroatoms. The second kappa shape index (κ2) is 15.3. The molecule has 1 unspecified atom stereocenters. The van der Waals surface area contributed by atoms with Crippen LogP contribution in [0.25, 0.3) is 0 Å². The van der Waals surface area contributed by atoms with Gasteiger partial charge < -0.3 is 37.2 Å². The van der Waals surface area contributed by atoms with Crippen LogP contribution in [0.4, 0.5) is 0 Å². The monoisotopic (exact) mass is 492 g/mol. The predicted molar refractivity (Wildman–Crippen MR) is 111 cm³/mol. The minimum Gasteiger partial charge on any atom is -1.00 e. The van der Waals surface area contributed by atoms with Gasteiger partial charge in [0.15, 0.2) is 0 Å². The van der Waals surface area contributed by atoms with E-state index in [1.54, 1.807) is 16.0 Å². The van der Waals surface area contributed by atoms with Crippen molar-refractivity contribution in [2.75, 3.05) is 0 Å². The molecule has 0 fully saturated rings. The Bertz CT molecular complexity index is 632. The van der Waals surface area contributed by atoms with Crippen LogP contribution in [0.15, 0.2) is 29.0 Å². The Hall–Kier alpha value is 0.501. The van der Waals surface area contributed by atoms with Crippen molar-refractivity contribution in [3.63, 3.8) is 0 Å². The summed E-state index contributed by atoms with van der Waals surface area (Å²) in [5.74, 6) is 0. The molecule has 1 aliphatic carbocycles. The molecule has 0 aromatic heterocycles. The summed E-state index contributed by atoms with van der Waals surface area (Å²) < 4.78 is 0. The Morgan fingerprint density at radius 2 is 1.46 bits per heavy atom. The van der Waals surface area contributed by atoms with Crippen molar-refractivity contribution in [3.8, 4) is 0 Å². The van der Waals surface area contributed by atoms with Crippen LogP contribution in [0.1, 0.15) is 69.1 Å². The minimum atomic E-state index is -1.70. The maximum Gasteiger partial charge on any atom is 4.00 e. The quantitative estimate of drug-likeness (QED) is 0.277. The van der Waals surface area contributed by atoms with E-state index in [2.05, 4.69) is 65.5 Å². The summed E-state index contributed by atoms with van der Waals surface area (Å²) in [5, 5.41) is 3.33. The fraction of sp³-hybridized carbons (Fsp3) is 0.565. The zero-order valence-corrected chi connectivity index (χ0v) is 23.1. The van der Waals surface area contributed by atoms with Gasteiger partial charge in [-0.1, -0.05) is 92.6 Å². The standard InChI is InChI=1S/C23H35Si.3ClH.Ti/c1-7-9-12-21-13-11-14-22(21)24(6,15-10-8-2)23-19(4)16-18(3)17-20(23)5;;;;/h13,16-17H,7-12,15H2,1-6H3;3*1H;/q-1;;;;+4/p-3. The van der Waals surface area contributed by atoms with Crippen LogP contribution >= 0.6 is 0 Å². The molecule has 0 saturated carbocycles. The van der Waals surface area contributed by atoms with E-state index in [1.807, 2.05) is 0 Å². The zero-order chi connectivity index (χ0) is 17.7. The van der Waals surface area contributed by atoms with E-state index >= 15 is 0 Å². The van der Waals surface area contributed by atoms with Crippen LogP contribution in [-0.4, -0.2) is 8.07 Å². The van der Waals surface area contributed by atoms with Crippen molar-refractivity contribution in [2.45, 2.75) is 85.7 Å². The van der Waals surface area contributed by atoms with Crippen molar-refractivity contribution in [1.29, 1.82) is 0 Å². The Labute approximate surface area is 208 Å². The van der Waals surface area contributed by atoms with Crippen LogP contribution < -0.4 is 42.4 Å². The summed E-state index contributed by atoms with van der Waals surface area (Å²) in [4.78, 5) is 0. The number of hydrogen-bond acceptors (Lipinski definition) is 0. The Balaban J connectivity index is -0.00000156. The van der Waals surface area contributed by atoms with Crippen LogP contribution in [0.3, 0.4) is 0 Å². The molecule has 2 rings (SSSR count). The van der Waals surface area contributed by atoms with Crippen molar-refractivity contribution in [2.24, 2.45) is 0 Å². The molecule has 1 aromatic rings. The third kappa shape index (κ3) is 7.64. The van der Waals surface area contributed by atoms with Gasteiger partial charge in [-0.25, -0.2) is 10.8 Å². The first-order valence-corrected chi connectivity index (χ1v) is 12.5. The Morgan fingerprint density at radius 3 is 1.96 bits per heavy atom. The molecular weight excluding hydrogens is 459 g/mol. The van der Waals surface area contributed by atoms with Crippen molar-refractivity contribution >= 4 is 13.3 Å². The van der Waals surface area contributed by atoms with E-state index in [1.165, 1.54) is 54.8 Å². The number of aryl methyl sites for hydroxylation is 3. The first-order valence-electron chi connectivity index (χ1n) is 9.83. The number of benzene rings is 1. The summed E-state index contributed by atoms with van der Waals surface area (Å²) in [6.07, 6.45) is 13.8. The number of rotatable bonds is 8. The van der Waals surface area contributed by atoms with Crippen molar-refractivity contribution < 1.29 is 58.9 Å². The van der Waals surface area contributed by atoms with Crippen LogP contribution in [-0.2, 0) is 21.7 Å². The first-order chi connectivity index (χ1) is 11.4. The zero-order valence-electron chi connectivity index (χ0n) is 18.3. The predicted octanol–water partition coefficient (Wildman–Crippen LogP) is -2.50. The molecule has 28 heavy (non-hydrogen) atoms. The Kier molecular flexibility index (Phi) is 18.1. The molecule has 0 aliphatic heterocycles. The molecule has 0 nitrogen and oxygen atoms in total. The van der Waals surface area contributed by atoms with E-state index in [0.29, 0.717) is 0 Å². The number of halogens is 3. The van der Waals surface area contributed by atoms with E-state index in [4.69, 9.17) is 0 Å². The first kappa shape index (κ1) is 33.1. The molecule has 0 bridgehead atoms. The fourth-order valence-electron chi connectivity index (χ4n) is 4.59. The minimum absolute atomic E-state index is 0. The number of allylic oxidation sites excluding steroid dienone is 4. The third-order valence-corrected chi connectivity index (χ3v) is 10.4. The Morgan fingerprint density at radius 1 is 0.929 bits per heavy atom. The topological polar surface area (TPSA) is 0 Å². The average Bonchev–Trinajstić information content (AvgIpc) is 2.99. The average molecular weight is 494 g/mol. The summed E-state index contributed by atoms with van der Waals surface area (Å²) in [7, 11) is -1.70. The van der Waals surface area contributed by atoms with Gasteiger partial charge in [0.05, 0.1) is 8.07 Å².